The fourth-order valence-electron chi connectivity index (χ4n) is 4.04. The van der Waals surface area contributed by atoms with Crippen molar-refractivity contribution in [3.05, 3.63) is 81.9 Å². The normalized spacial score (nSPS) is 11.6. The molecule has 0 aliphatic rings. The minimum Gasteiger partial charge on any atom is -0.495 e. The molecule has 0 amide bonds. The van der Waals surface area contributed by atoms with Gasteiger partial charge in [-0.3, -0.25) is 14.7 Å². The van der Waals surface area contributed by atoms with E-state index in [9.17, 15) is 23.1 Å². The maximum atomic E-state index is 12.0. The highest BCUT2D eigenvalue weighted by Gasteiger charge is 2.23. The van der Waals surface area contributed by atoms with Crippen molar-refractivity contribution in [1.82, 2.24) is 0 Å². The molecule has 0 fully saturated rings. The van der Waals surface area contributed by atoms with Crippen molar-refractivity contribution in [1.29, 1.82) is 0 Å². The highest BCUT2D eigenvalue weighted by molar-refractivity contribution is 7.85. The minimum atomic E-state index is -4.56. The Hall–Kier alpha value is -3.69. The van der Waals surface area contributed by atoms with Crippen molar-refractivity contribution in [2.24, 2.45) is 0 Å². The molecule has 4 rings (SSSR count). The Balaban J connectivity index is 2.16. The second kappa shape index (κ2) is 8.10. The van der Waals surface area contributed by atoms with Crippen LogP contribution in [0.25, 0.3) is 21.5 Å². The second-order valence-electron chi connectivity index (χ2n) is 7.15. The standard InChI is InChI=1S/C23H19NO7S/c1-30-22-17-8-4-5-9-18(17)23(31-2)21-15(12-16(13-19(21)22)32(27,28)29)11-14-7-3-6-10-20(14)24(25)26/h3-10,12-13H,11H2,1-2H3,(H,27,28,29). The van der Waals surface area contributed by atoms with Gasteiger partial charge in [0.05, 0.1) is 24.0 Å². The van der Waals surface area contributed by atoms with Crippen molar-refractivity contribution in [2.75, 3.05) is 14.2 Å². The van der Waals surface area contributed by atoms with Crippen LogP contribution in [0, 0.1) is 10.1 Å². The van der Waals surface area contributed by atoms with Crippen molar-refractivity contribution in [2.45, 2.75) is 11.3 Å². The summed E-state index contributed by atoms with van der Waals surface area (Å²) in [5, 5.41) is 13.9. The topological polar surface area (TPSA) is 116 Å². The molecule has 0 radical (unpaired) electrons. The summed E-state index contributed by atoms with van der Waals surface area (Å²) in [7, 11) is -1.60. The van der Waals surface area contributed by atoms with E-state index in [4.69, 9.17) is 9.47 Å². The zero-order valence-electron chi connectivity index (χ0n) is 17.2. The second-order valence-corrected chi connectivity index (χ2v) is 8.58. The highest BCUT2D eigenvalue weighted by Crippen LogP contribution is 2.45. The molecule has 0 saturated carbocycles. The van der Waals surface area contributed by atoms with Crippen LogP contribution in [0.15, 0.2) is 65.6 Å². The van der Waals surface area contributed by atoms with E-state index in [0.29, 0.717) is 38.8 Å². The first-order chi connectivity index (χ1) is 15.3. The third-order valence-corrected chi connectivity index (χ3v) is 6.19. The van der Waals surface area contributed by atoms with E-state index in [0.717, 1.165) is 5.39 Å². The van der Waals surface area contributed by atoms with Crippen LogP contribution in [-0.2, 0) is 16.5 Å². The number of para-hydroxylation sites is 1. The van der Waals surface area contributed by atoms with Gasteiger partial charge in [-0.2, -0.15) is 8.42 Å². The Kier molecular flexibility index (Phi) is 5.45. The largest absolute Gasteiger partial charge is 0.495 e. The van der Waals surface area contributed by atoms with Crippen LogP contribution in [0.4, 0.5) is 5.69 Å². The third kappa shape index (κ3) is 3.61. The lowest BCUT2D eigenvalue weighted by atomic mass is 9.93. The quantitative estimate of drug-likeness (QED) is 0.194. The third-order valence-electron chi connectivity index (χ3n) is 5.36. The average molecular weight is 453 g/mol. The molecule has 8 nitrogen and oxygen atoms in total. The molecule has 4 aromatic carbocycles. The van der Waals surface area contributed by atoms with Gasteiger partial charge in [0, 0.05) is 39.6 Å². The molecule has 4 aromatic rings. The molecule has 0 aliphatic heterocycles. The molecule has 164 valence electrons. The molecule has 0 heterocycles. The van der Waals surface area contributed by atoms with Crippen LogP contribution in [0.1, 0.15) is 11.1 Å². The summed E-state index contributed by atoms with van der Waals surface area (Å²) in [6, 6.07) is 16.2. The predicted molar refractivity (Wildman–Crippen MR) is 120 cm³/mol. The van der Waals surface area contributed by atoms with Gasteiger partial charge in [0.15, 0.2) is 0 Å². The van der Waals surface area contributed by atoms with Gasteiger partial charge < -0.3 is 9.47 Å². The molecule has 0 saturated heterocycles. The summed E-state index contributed by atoms with van der Waals surface area (Å²) in [5.74, 6) is 0.887. The van der Waals surface area contributed by atoms with E-state index in [2.05, 4.69) is 0 Å². The fourth-order valence-corrected chi connectivity index (χ4v) is 4.60. The lowest BCUT2D eigenvalue weighted by Crippen LogP contribution is -2.04. The number of hydrogen-bond donors (Lipinski definition) is 1. The molecule has 1 N–H and O–H groups in total. The first-order valence-electron chi connectivity index (χ1n) is 9.55. The minimum absolute atomic E-state index is 0.0366. The number of benzene rings is 4. The molecule has 0 aliphatic carbocycles. The summed E-state index contributed by atoms with van der Waals surface area (Å²) >= 11 is 0. The number of nitrogens with zero attached hydrogens (tertiary/aromatic N) is 1. The summed E-state index contributed by atoms with van der Waals surface area (Å²) in [5.41, 5.74) is 0.732. The molecule has 0 spiro atoms. The molecule has 0 unspecified atom stereocenters. The van der Waals surface area contributed by atoms with E-state index in [1.54, 1.807) is 18.2 Å². The number of hydrogen-bond acceptors (Lipinski definition) is 6. The Morgan fingerprint density at radius 1 is 0.875 bits per heavy atom. The SMILES string of the molecule is COc1c2ccccc2c(OC)c2c(Cc3ccccc3[N+](=O)[O-])cc(S(=O)(=O)O)cc12. The first kappa shape index (κ1) is 21.5. The maximum Gasteiger partial charge on any atom is 0.294 e. The monoisotopic (exact) mass is 453 g/mol. The highest BCUT2D eigenvalue weighted by atomic mass is 32.2. The van der Waals surface area contributed by atoms with Crippen LogP contribution in [0.5, 0.6) is 11.5 Å². The van der Waals surface area contributed by atoms with Crippen LogP contribution in [0.3, 0.4) is 0 Å². The Morgan fingerprint density at radius 3 is 2.06 bits per heavy atom. The van der Waals surface area contributed by atoms with Gasteiger partial charge >= 0.3 is 0 Å². The zero-order chi connectivity index (χ0) is 23.0. The molecule has 0 atom stereocenters. The number of fused-ring (bicyclic) bond motifs is 2. The van der Waals surface area contributed by atoms with Crippen molar-refractivity contribution < 1.29 is 27.4 Å². The summed E-state index contributed by atoms with van der Waals surface area (Å²) in [6.45, 7) is 0. The molecule has 32 heavy (non-hydrogen) atoms. The number of methoxy groups -OCH3 is 2. The van der Waals surface area contributed by atoms with Crippen LogP contribution in [0.2, 0.25) is 0 Å². The van der Waals surface area contributed by atoms with Gasteiger partial charge in [0.2, 0.25) is 0 Å². The van der Waals surface area contributed by atoms with Gasteiger partial charge in [-0.25, -0.2) is 0 Å². The average Bonchev–Trinajstić information content (AvgIpc) is 2.77. The molecule has 9 heteroatoms. The van der Waals surface area contributed by atoms with E-state index in [-0.39, 0.29) is 17.0 Å². The summed E-state index contributed by atoms with van der Waals surface area (Å²) in [4.78, 5) is 10.7. The summed E-state index contributed by atoms with van der Waals surface area (Å²) in [6.07, 6.45) is 0.0366. The van der Waals surface area contributed by atoms with Crippen molar-refractivity contribution >= 4 is 37.4 Å². The number of rotatable bonds is 6. The Morgan fingerprint density at radius 2 is 1.47 bits per heavy atom. The molecular formula is C23H19NO7S. The van der Waals surface area contributed by atoms with Crippen LogP contribution >= 0.6 is 0 Å². The predicted octanol–water partition coefficient (Wildman–Crippen LogP) is 4.76. The fraction of sp³-hybridized carbons (Fsp3) is 0.130. The lowest BCUT2D eigenvalue weighted by molar-refractivity contribution is -0.385. The first-order valence-corrected chi connectivity index (χ1v) is 11.0. The van der Waals surface area contributed by atoms with E-state index in [1.807, 2.05) is 24.3 Å². The van der Waals surface area contributed by atoms with E-state index < -0.39 is 15.0 Å². The Labute approximate surface area is 183 Å². The molecular weight excluding hydrogens is 434 g/mol. The van der Waals surface area contributed by atoms with Gasteiger partial charge in [-0.15, -0.1) is 0 Å². The van der Waals surface area contributed by atoms with Crippen molar-refractivity contribution in [3.63, 3.8) is 0 Å². The maximum absolute atomic E-state index is 12.0. The van der Waals surface area contributed by atoms with E-state index >= 15 is 0 Å². The van der Waals surface area contributed by atoms with Crippen molar-refractivity contribution in [3.8, 4) is 11.5 Å². The lowest BCUT2D eigenvalue weighted by Gasteiger charge is -2.18. The van der Waals surface area contributed by atoms with Gasteiger partial charge in [-0.05, 0) is 17.7 Å². The summed E-state index contributed by atoms with van der Waals surface area (Å²) < 4.78 is 45.2. The van der Waals surface area contributed by atoms with Gasteiger partial charge in [-0.1, -0.05) is 42.5 Å². The van der Waals surface area contributed by atoms with Gasteiger partial charge in [0.1, 0.15) is 11.5 Å². The number of nitro benzene ring substituents is 1. The smallest absolute Gasteiger partial charge is 0.294 e. The zero-order valence-corrected chi connectivity index (χ0v) is 18.0. The van der Waals surface area contributed by atoms with Crippen LogP contribution < -0.4 is 9.47 Å². The van der Waals surface area contributed by atoms with Crippen LogP contribution in [-0.4, -0.2) is 32.1 Å². The number of ether oxygens (including phenoxy) is 2. The number of nitro groups is 1. The molecule has 0 bridgehead atoms. The van der Waals surface area contributed by atoms with E-state index in [1.165, 1.54) is 32.4 Å². The Bertz CT molecular complexity index is 1480. The van der Waals surface area contributed by atoms with Gasteiger partial charge in [0.25, 0.3) is 15.8 Å². The molecule has 0 aromatic heterocycles.